The third kappa shape index (κ3) is 3.93. The van der Waals surface area contributed by atoms with Gasteiger partial charge in [-0.2, -0.15) is 0 Å². The molecule has 0 bridgehead atoms. The minimum Gasteiger partial charge on any atom is -0.342 e. The number of anilines is 1. The van der Waals surface area contributed by atoms with Gasteiger partial charge in [0.25, 0.3) is 0 Å². The SMILES string of the molecule is Cc1ccc(C)c(Cn2c(N3CCC(C(=O)N4CCCC4)CC3)nc3ccccc32)c1. The summed E-state index contributed by atoms with van der Waals surface area (Å²) in [4.78, 5) is 22.3. The normalized spacial score (nSPS) is 17.6. The minimum atomic E-state index is 0.172. The second-order valence-corrected chi connectivity index (χ2v) is 9.21. The van der Waals surface area contributed by atoms with Crippen molar-refractivity contribution in [1.82, 2.24) is 14.5 Å². The van der Waals surface area contributed by atoms with Crippen molar-refractivity contribution in [1.29, 1.82) is 0 Å². The molecule has 0 unspecified atom stereocenters. The summed E-state index contributed by atoms with van der Waals surface area (Å²) < 4.78 is 2.36. The van der Waals surface area contributed by atoms with Gasteiger partial charge < -0.3 is 14.4 Å². The van der Waals surface area contributed by atoms with E-state index in [4.69, 9.17) is 4.98 Å². The monoisotopic (exact) mass is 416 g/mol. The van der Waals surface area contributed by atoms with Gasteiger partial charge in [-0.15, -0.1) is 0 Å². The molecule has 5 heteroatoms. The maximum absolute atomic E-state index is 12.8. The van der Waals surface area contributed by atoms with E-state index in [0.717, 1.165) is 69.9 Å². The Morgan fingerprint density at radius 3 is 2.52 bits per heavy atom. The van der Waals surface area contributed by atoms with Crippen LogP contribution in [0.15, 0.2) is 42.5 Å². The zero-order valence-electron chi connectivity index (χ0n) is 18.7. The lowest BCUT2D eigenvalue weighted by Crippen LogP contribution is -2.42. The largest absolute Gasteiger partial charge is 0.342 e. The highest BCUT2D eigenvalue weighted by Crippen LogP contribution is 2.29. The van der Waals surface area contributed by atoms with Gasteiger partial charge in [-0.1, -0.05) is 35.9 Å². The van der Waals surface area contributed by atoms with E-state index in [-0.39, 0.29) is 5.92 Å². The van der Waals surface area contributed by atoms with Gasteiger partial charge in [0.05, 0.1) is 17.6 Å². The first kappa shape index (κ1) is 20.1. The van der Waals surface area contributed by atoms with E-state index in [0.29, 0.717) is 5.91 Å². The summed E-state index contributed by atoms with van der Waals surface area (Å²) in [6.45, 7) is 8.83. The molecule has 5 nitrogen and oxygen atoms in total. The van der Waals surface area contributed by atoms with Crippen LogP contribution in [-0.2, 0) is 11.3 Å². The van der Waals surface area contributed by atoms with Gasteiger partial charge in [0, 0.05) is 32.1 Å². The highest BCUT2D eigenvalue weighted by atomic mass is 16.2. The Morgan fingerprint density at radius 1 is 1.00 bits per heavy atom. The molecule has 2 saturated heterocycles. The van der Waals surface area contributed by atoms with E-state index in [2.05, 4.69) is 70.7 Å². The lowest BCUT2D eigenvalue weighted by Gasteiger charge is -2.34. The van der Waals surface area contributed by atoms with Crippen LogP contribution in [-0.4, -0.2) is 46.5 Å². The first-order valence-corrected chi connectivity index (χ1v) is 11.7. The van der Waals surface area contributed by atoms with E-state index in [1.807, 2.05) is 0 Å². The first-order valence-electron chi connectivity index (χ1n) is 11.7. The van der Waals surface area contributed by atoms with E-state index < -0.39 is 0 Å². The number of carbonyl (C=O) groups is 1. The van der Waals surface area contributed by atoms with Crippen molar-refractivity contribution in [3.8, 4) is 0 Å². The average Bonchev–Trinajstić information content (AvgIpc) is 3.45. The molecule has 0 radical (unpaired) electrons. The van der Waals surface area contributed by atoms with Gasteiger partial charge >= 0.3 is 0 Å². The van der Waals surface area contributed by atoms with Crippen LogP contribution >= 0.6 is 0 Å². The highest BCUT2D eigenvalue weighted by molar-refractivity contribution is 5.80. The molecule has 2 aliphatic rings. The van der Waals surface area contributed by atoms with Crippen molar-refractivity contribution < 1.29 is 4.79 Å². The molecule has 0 atom stereocenters. The van der Waals surface area contributed by atoms with Crippen molar-refractivity contribution in [2.75, 3.05) is 31.1 Å². The Balaban J connectivity index is 1.40. The fourth-order valence-corrected chi connectivity index (χ4v) is 5.12. The van der Waals surface area contributed by atoms with Gasteiger partial charge in [0.2, 0.25) is 11.9 Å². The number of piperidine rings is 1. The van der Waals surface area contributed by atoms with E-state index in [9.17, 15) is 4.79 Å². The fourth-order valence-electron chi connectivity index (χ4n) is 5.12. The second kappa shape index (κ2) is 8.37. The van der Waals surface area contributed by atoms with Crippen LogP contribution in [0.5, 0.6) is 0 Å². The molecule has 1 aromatic heterocycles. The number of likely N-dealkylation sites (tertiary alicyclic amines) is 1. The summed E-state index contributed by atoms with van der Waals surface area (Å²) in [6, 6.07) is 15.1. The summed E-state index contributed by atoms with van der Waals surface area (Å²) in [5, 5.41) is 0. The van der Waals surface area contributed by atoms with Crippen LogP contribution in [0.1, 0.15) is 42.4 Å². The molecule has 2 aliphatic heterocycles. The number of amides is 1. The lowest BCUT2D eigenvalue weighted by atomic mass is 9.95. The zero-order chi connectivity index (χ0) is 21.4. The Labute approximate surface area is 184 Å². The Hall–Kier alpha value is -2.82. The number of nitrogens with zero attached hydrogens (tertiary/aromatic N) is 4. The fraction of sp³-hybridized carbons (Fsp3) is 0.462. The van der Waals surface area contributed by atoms with Gasteiger partial charge in [-0.3, -0.25) is 4.79 Å². The summed E-state index contributed by atoms with van der Waals surface area (Å²) in [5.41, 5.74) is 6.15. The maximum Gasteiger partial charge on any atom is 0.225 e. The molecule has 5 rings (SSSR count). The van der Waals surface area contributed by atoms with Gasteiger partial charge in [-0.25, -0.2) is 4.98 Å². The number of rotatable bonds is 4. The number of imidazole rings is 1. The number of aryl methyl sites for hydroxylation is 2. The molecule has 3 heterocycles. The molecule has 0 N–H and O–H groups in total. The number of aromatic nitrogens is 2. The van der Waals surface area contributed by atoms with E-state index in [1.54, 1.807) is 0 Å². The number of carbonyl (C=O) groups excluding carboxylic acids is 1. The van der Waals surface area contributed by atoms with Crippen LogP contribution in [0, 0.1) is 19.8 Å². The van der Waals surface area contributed by atoms with Crippen molar-refractivity contribution in [3.05, 3.63) is 59.2 Å². The smallest absolute Gasteiger partial charge is 0.225 e. The minimum absolute atomic E-state index is 0.172. The van der Waals surface area contributed by atoms with Gasteiger partial charge in [0.1, 0.15) is 0 Å². The maximum atomic E-state index is 12.8. The number of hydrogen-bond acceptors (Lipinski definition) is 3. The number of benzene rings is 2. The van der Waals surface area contributed by atoms with Crippen molar-refractivity contribution >= 4 is 22.9 Å². The van der Waals surface area contributed by atoms with Crippen molar-refractivity contribution in [3.63, 3.8) is 0 Å². The number of fused-ring (bicyclic) bond motifs is 1. The Kier molecular flexibility index (Phi) is 5.43. The molecule has 162 valence electrons. The topological polar surface area (TPSA) is 41.4 Å². The van der Waals surface area contributed by atoms with Gasteiger partial charge in [-0.05, 0) is 62.8 Å². The number of hydrogen-bond donors (Lipinski definition) is 0. The van der Waals surface area contributed by atoms with Crippen LogP contribution < -0.4 is 4.90 Å². The summed E-state index contributed by atoms with van der Waals surface area (Å²) in [7, 11) is 0. The molecule has 0 saturated carbocycles. The van der Waals surface area contributed by atoms with Crippen LogP contribution in [0.2, 0.25) is 0 Å². The second-order valence-electron chi connectivity index (χ2n) is 9.21. The standard InChI is InChI=1S/C26H32N4O/c1-19-9-10-20(2)22(17-19)18-30-24-8-4-3-7-23(24)27-26(30)29-15-11-21(12-16-29)25(31)28-13-5-6-14-28/h3-4,7-10,17,21H,5-6,11-16,18H2,1-2H3. The van der Waals surface area contributed by atoms with Crippen molar-refractivity contribution in [2.24, 2.45) is 5.92 Å². The molecular formula is C26H32N4O. The lowest BCUT2D eigenvalue weighted by molar-refractivity contribution is -0.135. The molecule has 31 heavy (non-hydrogen) atoms. The zero-order valence-corrected chi connectivity index (χ0v) is 18.7. The molecule has 0 spiro atoms. The van der Waals surface area contributed by atoms with Gasteiger partial charge in [0.15, 0.2) is 0 Å². The third-order valence-electron chi connectivity index (χ3n) is 7.01. The summed E-state index contributed by atoms with van der Waals surface area (Å²) >= 11 is 0. The molecular weight excluding hydrogens is 384 g/mol. The molecule has 2 fully saturated rings. The molecule has 0 aliphatic carbocycles. The Morgan fingerprint density at radius 2 is 1.74 bits per heavy atom. The quantitative estimate of drug-likeness (QED) is 0.627. The molecule has 1 amide bonds. The summed E-state index contributed by atoms with van der Waals surface area (Å²) in [5.74, 6) is 1.58. The van der Waals surface area contributed by atoms with E-state index in [1.165, 1.54) is 22.2 Å². The molecule has 2 aromatic carbocycles. The number of para-hydroxylation sites is 2. The van der Waals surface area contributed by atoms with Crippen LogP contribution in [0.25, 0.3) is 11.0 Å². The predicted molar refractivity (Wildman–Crippen MR) is 126 cm³/mol. The van der Waals surface area contributed by atoms with Crippen molar-refractivity contribution in [2.45, 2.75) is 46.1 Å². The predicted octanol–water partition coefficient (Wildman–Crippen LogP) is 4.54. The van der Waals surface area contributed by atoms with Crippen LogP contribution in [0.3, 0.4) is 0 Å². The molecule has 3 aromatic rings. The average molecular weight is 417 g/mol. The van der Waals surface area contributed by atoms with E-state index >= 15 is 0 Å². The Bertz CT molecular complexity index is 1090. The van der Waals surface area contributed by atoms with Crippen LogP contribution in [0.4, 0.5) is 5.95 Å². The first-order chi connectivity index (χ1) is 15.1. The highest BCUT2D eigenvalue weighted by Gasteiger charge is 2.31. The summed E-state index contributed by atoms with van der Waals surface area (Å²) in [6.07, 6.45) is 4.16. The third-order valence-corrected chi connectivity index (χ3v) is 7.01.